The molecule has 1 saturated heterocycles. The van der Waals surface area contributed by atoms with Crippen LogP contribution in [0.1, 0.15) is 27.9 Å². The Labute approximate surface area is 120 Å². The first-order valence-corrected chi connectivity index (χ1v) is 6.89. The molecule has 1 fully saturated rings. The first-order chi connectivity index (χ1) is 9.60. The van der Waals surface area contributed by atoms with Gasteiger partial charge in [0.15, 0.2) is 0 Å². The molecule has 0 saturated carbocycles. The van der Waals surface area contributed by atoms with Gasteiger partial charge >= 0.3 is 0 Å². The van der Waals surface area contributed by atoms with Gasteiger partial charge in [-0.25, -0.2) is 0 Å². The minimum Gasteiger partial charge on any atom is -0.348 e. The minimum atomic E-state index is -0.0460. The minimum absolute atomic E-state index is 0.0460. The van der Waals surface area contributed by atoms with E-state index in [2.05, 4.69) is 29.1 Å². The number of carbonyl (C=O) groups is 1. The van der Waals surface area contributed by atoms with Crippen molar-refractivity contribution in [2.24, 2.45) is 5.73 Å². The maximum atomic E-state index is 12.4. The predicted molar refractivity (Wildman–Crippen MR) is 80.5 cm³/mol. The van der Waals surface area contributed by atoms with E-state index < -0.39 is 0 Å². The van der Waals surface area contributed by atoms with E-state index in [4.69, 9.17) is 5.73 Å². The van der Waals surface area contributed by atoms with E-state index in [1.807, 2.05) is 25.1 Å². The molecule has 106 valence electrons. The lowest BCUT2D eigenvalue weighted by Crippen LogP contribution is -2.36. The molecular weight excluding hydrogens is 250 g/mol. The Balaban J connectivity index is 2.17. The third kappa shape index (κ3) is 3.60. The van der Waals surface area contributed by atoms with Crippen LogP contribution in [0, 0.1) is 18.8 Å². The highest BCUT2D eigenvalue weighted by Crippen LogP contribution is 2.13. The van der Waals surface area contributed by atoms with Crippen LogP contribution in [0.5, 0.6) is 0 Å². The number of aryl methyl sites for hydroxylation is 1. The van der Waals surface area contributed by atoms with Crippen molar-refractivity contribution >= 4 is 5.91 Å². The van der Waals surface area contributed by atoms with Gasteiger partial charge in [-0.05, 0) is 39.1 Å². The zero-order chi connectivity index (χ0) is 14.5. The van der Waals surface area contributed by atoms with E-state index in [0.717, 1.165) is 30.6 Å². The van der Waals surface area contributed by atoms with E-state index in [9.17, 15) is 4.79 Å². The molecule has 1 amide bonds. The summed E-state index contributed by atoms with van der Waals surface area (Å²) in [6.45, 7) is 4.20. The Morgan fingerprint density at radius 3 is 3.00 bits per heavy atom. The topological polar surface area (TPSA) is 58.4 Å². The first-order valence-electron chi connectivity index (χ1n) is 6.89. The number of carbonyl (C=O) groups excluding carboxylic acids is 1. The van der Waals surface area contributed by atoms with E-state index >= 15 is 0 Å². The number of hydrogen-bond acceptors (Lipinski definition) is 3. The van der Waals surface area contributed by atoms with Crippen molar-refractivity contribution in [1.29, 1.82) is 0 Å². The maximum Gasteiger partial charge on any atom is 0.252 e. The van der Waals surface area contributed by atoms with Crippen LogP contribution in [0.2, 0.25) is 0 Å². The van der Waals surface area contributed by atoms with Gasteiger partial charge in [-0.15, -0.1) is 0 Å². The van der Waals surface area contributed by atoms with Gasteiger partial charge in [0.05, 0.1) is 12.1 Å². The van der Waals surface area contributed by atoms with Crippen LogP contribution >= 0.6 is 0 Å². The quantitative estimate of drug-likeness (QED) is 0.780. The molecule has 3 N–H and O–H groups in total. The number of likely N-dealkylation sites (N-methyl/N-ethyl adjacent to an activating group) is 1. The molecule has 0 aromatic heterocycles. The van der Waals surface area contributed by atoms with Crippen molar-refractivity contribution in [2.75, 3.05) is 26.7 Å². The first kappa shape index (κ1) is 14.6. The molecule has 1 unspecified atom stereocenters. The summed E-state index contributed by atoms with van der Waals surface area (Å²) in [6, 6.07) is 5.95. The Morgan fingerprint density at radius 1 is 1.55 bits per heavy atom. The molecule has 1 heterocycles. The summed E-state index contributed by atoms with van der Waals surface area (Å²) < 4.78 is 0. The number of hydrogen-bond donors (Lipinski definition) is 2. The normalized spacial score (nSPS) is 18.4. The molecular formula is C16H21N3O. The predicted octanol–water partition coefficient (Wildman–Crippen LogP) is 0.739. The fourth-order valence-corrected chi connectivity index (χ4v) is 2.42. The average molecular weight is 271 g/mol. The number of likely N-dealkylation sites (tertiary alicyclic amines) is 1. The van der Waals surface area contributed by atoms with Crippen LogP contribution in [-0.2, 0) is 0 Å². The van der Waals surface area contributed by atoms with Crippen LogP contribution in [-0.4, -0.2) is 43.5 Å². The fourth-order valence-electron chi connectivity index (χ4n) is 2.42. The molecule has 1 aromatic rings. The molecule has 0 spiro atoms. The standard InChI is InChI=1S/C16H21N3O/c1-12-5-6-13(4-3-8-17)15(10-12)16(20)18-14-7-9-19(2)11-14/h5-6,10,14H,7-9,11,17H2,1-2H3,(H,18,20). The van der Waals surface area contributed by atoms with Crippen LogP contribution in [0.15, 0.2) is 18.2 Å². The Hall–Kier alpha value is -1.83. The lowest BCUT2D eigenvalue weighted by Gasteiger charge is -2.14. The van der Waals surface area contributed by atoms with Crippen LogP contribution in [0.25, 0.3) is 0 Å². The van der Waals surface area contributed by atoms with Gasteiger partial charge < -0.3 is 16.0 Å². The summed E-state index contributed by atoms with van der Waals surface area (Å²) >= 11 is 0. The molecule has 1 atom stereocenters. The molecule has 0 aliphatic carbocycles. The van der Waals surface area contributed by atoms with Gasteiger partial charge in [0.1, 0.15) is 0 Å². The summed E-state index contributed by atoms with van der Waals surface area (Å²) in [7, 11) is 2.07. The molecule has 0 radical (unpaired) electrons. The second kappa shape index (κ2) is 6.56. The van der Waals surface area contributed by atoms with Gasteiger partial charge in [-0.2, -0.15) is 0 Å². The van der Waals surface area contributed by atoms with Gasteiger partial charge in [0, 0.05) is 18.2 Å². The second-order valence-corrected chi connectivity index (χ2v) is 5.28. The molecule has 4 heteroatoms. The van der Waals surface area contributed by atoms with E-state index in [1.54, 1.807) is 0 Å². The van der Waals surface area contributed by atoms with Crippen LogP contribution < -0.4 is 11.1 Å². The van der Waals surface area contributed by atoms with Gasteiger partial charge in [-0.3, -0.25) is 4.79 Å². The largest absolute Gasteiger partial charge is 0.348 e. The SMILES string of the molecule is Cc1ccc(C#CCN)c(C(=O)NC2CCN(C)C2)c1. The van der Waals surface area contributed by atoms with Crippen LogP contribution in [0.4, 0.5) is 0 Å². The third-order valence-corrected chi connectivity index (χ3v) is 3.47. The van der Waals surface area contributed by atoms with Crippen molar-refractivity contribution in [2.45, 2.75) is 19.4 Å². The fraction of sp³-hybridized carbons (Fsp3) is 0.438. The third-order valence-electron chi connectivity index (χ3n) is 3.47. The number of nitrogens with zero attached hydrogens (tertiary/aromatic N) is 1. The Kier molecular flexibility index (Phi) is 4.78. The van der Waals surface area contributed by atoms with Gasteiger partial charge in [-0.1, -0.05) is 23.5 Å². The highest BCUT2D eigenvalue weighted by Gasteiger charge is 2.22. The molecule has 0 bridgehead atoms. The van der Waals surface area contributed by atoms with Gasteiger partial charge in [0.25, 0.3) is 5.91 Å². The summed E-state index contributed by atoms with van der Waals surface area (Å²) in [4.78, 5) is 14.6. The summed E-state index contributed by atoms with van der Waals surface area (Å²) in [5.41, 5.74) is 7.83. The average Bonchev–Trinajstić information content (AvgIpc) is 2.82. The highest BCUT2D eigenvalue weighted by molar-refractivity contribution is 5.97. The van der Waals surface area contributed by atoms with Crippen molar-refractivity contribution in [3.63, 3.8) is 0 Å². The molecule has 20 heavy (non-hydrogen) atoms. The smallest absolute Gasteiger partial charge is 0.252 e. The van der Waals surface area contributed by atoms with Gasteiger partial charge in [0.2, 0.25) is 0 Å². The Morgan fingerprint density at radius 2 is 2.35 bits per heavy atom. The Bertz CT molecular complexity index is 557. The number of amides is 1. The lowest BCUT2D eigenvalue weighted by molar-refractivity contribution is 0.0938. The van der Waals surface area contributed by atoms with Crippen molar-refractivity contribution in [3.05, 3.63) is 34.9 Å². The maximum absolute atomic E-state index is 12.4. The number of benzene rings is 1. The number of nitrogens with one attached hydrogen (secondary N) is 1. The summed E-state index contributed by atoms with van der Waals surface area (Å²) in [6.07, 6.45) is 0.998. The van der Waals surface area contributed by atoms with E-state index in [-0.39, 0.29) is 11.9 Å². The van der Waals surface area contributed by atoms with E-state index in [1.165, 1.54) is 0 Å². The zero-order valence-corrected chi connectivity index (χ0v) is 12.1. The highest BCUT2D eigenvalue weighted by atomic mass is 16.1. The lowest BCUT2D eigenvalue weighted by atomic mass is 10.0. The monoisotopic (exact) mass is 271 g/mol. The van der Waals surface area contributed by atoms with E-state index in [0.29, 0.717) is 12.1 Å². The second-order valence-electron chi connectivity index (χ2n) is 5.28. The molecule has 4 nitrogen and oxygen atoms in total. The molecule has 1 aliphatic rings. The summed E-state index contributed by atoms with van der Waals surface area (Å²) in [5, 5.41) is 3.09. The number of rotatable bonds is 2. The van der Waals surface area contributed by atoms with Crippen molar-refractivity contribution in [3.8, 4) is 11.8 Å². The zero-order valence-electron chi connectivity index (χ0n) is 12.1. The van der Waals surface area contributed by atoms with Crippen molar-refractivity contribution in [1.82, 2.24) is 10.2 Å². The molecule has 1 aliphatic heterocycles. The molecule has 1 aromatic carbocycles. The summed E-state index contributed by atoms with van der Waals surface area (Å²) in [5.74, 6) is 5.73. The van der Waals surface area contributed by atoms with Crippen LogP contribution in [0.3, 0.4) is 0 Å². The molecule has 2 rings (SSSR count). The number of nitrogens with two attached hydrogens (primary N) is 1. The van der Waals surface area contributed by atoms with Crippen molar-refractivity contribution < 1.29 is 4.79 Å².